The number of amides is 2. The SMILES string of the molecule is CN1C(=O)Nc2cnc(Cl)nc2N1Cc1ccc(-c2nc(C(F)(F)F)cn2C)c(F)c1. The van der Waals surface area contributed by atoms with Crippen LogP contribution in [0.5, 0.6) is 0 Å². The van der Waals surface area contributed by atoms with Gasteiger partial charge in [0.05, 0.1) is 18.3 Å². The third-order valence-corrected chi connectivity index (χ3v) is 4.84. The van der Waals surface area contributed by atoms with Gasteiger partial charge < -0.3 is 9.88 Å². The number of benzene rings is 1. The molecule has 1 aromatic carbocycles. The molecule has 1 aliphatic heterocycles. The Hall–Kier alpha value is -3.41. The van der Waals surface area contributed by atoms with E-state index in [4.69, 9.17) is 11.6 Å². The Morgan fingerprint density at radius 3 is 2.58 bits per heavy atom. The molecule has 0 unspecified atom stereocenters. The Morgan fingerprint density at radius 1 is 1.19 bits per heavy atom. The van der Waals surface area contributed by atoms with Crippen molar-refractivity contribution in [2.45, 2.75) is 12.7 Å². The summed E-state index contributed by atoms with van der Waals surface area (Å²) in [6.07, 6.45) is -2.49. The van der Waals surface area contributed by atoms with Crippen LogP contribution in [-0.2, 0) is 19.8 Å². The Labute approximate surface area is 178 Å². The Kier molecular flexibility index (Phi) is 4.96. The van der Waals surface area contributed by atoms with Gasteiger partial charge in [-0.05, 0) is 29.3 Å². The lowest BCUT2D eigenvalue weighted by Crippen LogP contribution is -2.49. The third kappa shape index (κ3) is 3.85. The van der Waals surface area contributed by atoms with Gasteiger partial charge in [0.2, 0.25) is 5.28 Å². The maximum Gasteiger partial charge on any atom is 0.434 e. The lowest BCUT2D eigenvalue weighted by atomic mass is 10.1. The number of imidazole rings is 1. The normalized spacial score (nSPS) is 14.0. The van der Waals surface area contributed by atoms with Crippen molar-refractivity contribution in [3.8, 4) is 11.4 Å². The molecular formula is C18H14ClF4N7O. The average Bonchev–Trinajstić information content (AvgIpc) is 3.08. The molecule has 0 atom stereocenters. The number of hydrogen-bond donors (Lipinski definition) is 1. The van der Waals surface area contributed by atoms with Crippen molar-refractivity contribution in [1.82, 2.24) is 24.5 Å². The van der Waals surface area contributed by atoms with Crippen LogP contribution in [0.3, 0.4) is 0 Å². The molecule has 2 aromatic heterocycles. The van der Waals surface area contributed by atoms with E-state index < -0.39 is 23.7 Å². The molecule has 31 heavy (non-hydrogen) atoms. The maximum atomic E-state index is 14.8. The lowest BCUT2D eigenvalue weighted by molar-refractivity contribution is -0.140. The van der Waals surface area contributed by atoms with E-state index in [0.29, 0.717) is 17.1 Å². The van der Waals surface area contributed by atoms with Gasteiger partial charge in [0.1, 0.15) is 17.3 Å². The first-order chi connectivity index (χ1) is 14.5. The molecule has 4 rings (SSSR count). The summed E-state index contributed by atoms with van der Waals surface area (Å²) < 4.78 is 54.7. The van der Waals surface area contributed by atoms with Crippen molar-refractivity contribution in [2.24, 2.45) is 7.05 Å². The first kappa shape index (κ1) is 20.8. The number of hydrogen-bond acceptors (Lipinski definition) is 5. The van der Waals surface area contributed by atoms with Crippen molar-refractivity contribution in [3.63, 3.8) is 0 Å². The Balaban J connectivity index is 1.66. The highest BCUT2D eigenvalue weighted by molar-refractivity contribution is 6.28. The molecule has 0 fully saturated rings. The number of aromatic nitrogens is 4. The predicted octanol–water partition coefficient (Wildman–Crippen LogP) is 4.09. The molecule has 0 spiro atoms. The van der Waals surface area contributed by atoms with E-state index in [1.54, 1.807) is 0 Å². The molecule has 2 amide bonds. The molecule has 0 aliphatic carbocycles. The van der Waals surface area contributed by atoms with Crippen LogP contribution in [0.2, 0.25) is 5.28 Å². The monoisotopic (exact) mass is 455 g/mol. The summed E-state index contributed by atoms with van der Waals surface area (Å²) in [6.45, 7) is 0.0375. The topological polar surface area (TPSA) is 79.2 Å². The fraction of sp³-hybridized carbons (Fsp3) is 0.222. The minimum absolute atomic E-state index is 0.0370. The molecular weight excluding hydrogens is 442 g/mol. The Bertz CT molecular complexity index is 1180. The largest absolute Gasteiger partial charge is 0.434 e. The van der Waals surface area contributed by atoms with Crippen LogP contribution < -0.4 is 10.3 Å². The molecule has 1 aliphatic rings. The number of halogens is 5. The zero-order valence-electron chi connectivity index (χ0n) is 16.1. The number of hydrazine groups is 1. The first-order valence-electron chi connectivity index (χ1n) is 8.78. The van der Waals surface area contributed by atoms with Gasteiger partial charge >= 0.3 is 12.2 Å². The van der Waals surface area contributed by atoms with E-state index in [-0.39, 0.29) is 23.2 Å². The minimum Gasteiger partial charge on any atom is -0.333 e. The summed E-state index contributed by atoms with van der Waals surface area (Å²) >= 11 is 5.86. The van der Waals surface area contributed by atoms with E-state index in [1.807, 2.05) is 0 Å². The molecule has 0 saturated carbocycles. The van der Waals surface area contributed by atoms with Gasteiger partial charge in [-0.15, -0.1) is 0 Å². The van der Waals surface area contributed by atoms with Crippen LogP contribution in [-0.4, -0.2) is 37.6 Å². The Morgan fingerprint density at radius 2 is 1.94 bits per heavy atom. The number of anilines is 2. The van der Waals surface area contributed by atoms with Crippen LogP contribution in [0.15, 0.2) is 30.6 Å². The minimum atomic E-state index is -4.64. The van der Waals surface area contributed by atoms with Crippen molar-refractivity contribution >= 4 is 29.1 Å². The van der Waals surface area contributed by atoms with E-state index in [0.717, 1.165) is 10.8 Å². The zero-order chi connectivity index (χ0) is 22.5. The number of urea groups is 1. The number of carbonyl (C=O) groups excluding carboxylic acids is 1. The van der Waals surface area contributed by atoms with Gasteiger partial charge in [-0.1, -0.05) is 6.07 Å². The summed E-state index contributed by atoms with van der Waals surface area (Å²) in [6, 6.07) is 3.58. The summed E-state index contributed by atoms with van der Waals surface area (Å²) in [5.74, 6) is -0.605. The van der Waals surface area contributed by atoms with Gasteiger partial charge in [-0.25, -0.2) is 24.2 Å². The maximum absolute atomic E-state index is 14.8. The molecule has 1 N–H and O–H groups in total. The van der Waals surface area contributed by atoms with Crippen LogP contribution >= 0.6 is 11.6 Å². The van der Waals surface area contributed by atoms with Crippen molar-refractivity contribution in [2.75, 3.05) is 17.4 Å². The van der Waals surface area contributed by atoms with Crippen LogP contribution in [0, 0.1) is 5.82 Å². The van der Waals surface area contributed by atoms with Crippen molar-refractivity contribution in [3.05, 3.63) is 53.0 Å². The van der Waals surface area contributed by atoms with Crippen LogP contribution in [0.25, 0.3) is 11.4 Å². The second-order valence-electron chi connectivity index (χ2n) is 6.76. The smallest absolute Gasteiger partial charge is 0.333 e. The van der Waals surface area contributed by atoms with E-state index >= 15 is 0 Å². The van der Waals surface area contributed by atoms with Gasteiger partial charge in [-0.2, -0.15) is 18.2 Å². The van der Waals surface area contributed by atoms with Crippen LogP contribution in [0.1, 0.15) is 11.3 Å². The van der Waals surface area contributed by atoms with Crippen molar-refractivity contribution in [1.29, 1.82) is 0 Å². The number of carbonyl (C=O) groups is 1. The summed E-state index contributed by atoms with van der Waals surface area (Å²) in [4.78, 5) is 23.6. The molecule has 162 valence electrons. The highest BCUT2D eigenvalue weighted by Gasteiger charge is 2.35. The van der Waals surface area contributed by atoms with Crippen LogP contribution in [0.4, 0.5) is 33.9 Å². The number of aryl methyl sites for hydroxylation is 1. The summed E-state index contributed by atoms with van der Waals surface area (Å²) in [5.41, 5.74) is -0.425. The second kappa shape index (κ2) is 7.38. The van der Waals surface area contributed by atoms with Gasteiger partial charge in [0, 0.05) is 20.3 Å². The highest BCUT2D eigenvalue weighted by atomic mass is 35.5. The van der Waals surface area contributed by atoms with Gasteiger partial charge in [-0.3, -0.25) is 5.01 Å². The molecule has 3 heterocycles. The quantitative estimate of drug-likeness (QED) is 0.475. The average molecular weight is 456 g/mol. The molecule has 8 nitrogen and oxygen atoms in total. The summed E-state index contributed by atoms with van der Waals surface area (Å²) in [5, 5.41) is 5.28. The molecule has 0 bridgehead atoms. The number of fused-ring (bicyclic) bond motifs is 1. The molecule has 0 saturated heterocycles. The van der Waals surface area contributed by atoms with Crippen molar-refractivity contribution < 1.29 is 22.4 Å². The number of nitrogens with one attached hydrogen (secondary N) is 1. The molecule has 13 heteroatoms. The second-order valence-corrected chi connectivity index (χ2v) is 7.10. The number of rotatable bonds is 3. The van der Waals surface area contributed by atoms with E-state index in [9.17, 15) is 22.4 Å². The highest BCUT2D eigenvalue weighted by Crippen LogP contribution is 2.33. The number of nitrogens with zero attached hydrogens (tertiary/aromatic N) is 6. The molecule has 3 aromatic rings. The zero-order valence-corrected chi connectivity index (χ0v) is 16.8. The molecule has 0 radical (unpaired) electrons. The van der Waals surface area contributed by atoms with E-state index in [2.05, 4.69) is 20.3 Å². The van der Waals surface area contributed by atoms with E-state index in [1.165, 1.54) is 48.5 Å². The third-order valence-electron chi connectivity index (χ3n) is 4.65. The number of alkyl halides is 3. The summed E-state index contributed by atoms with van der Waals surface area (Å²) in [7, 11) is 2.85. The lowest BCUT2D eigenvalue weighted by Gasteiger charge is -2.37. The fourth-order valence-electron chi connectivity index (χ4n) is 3.13. The van der Waals surface area contributed by atoms with Gasteiger partial charge in [0.25, 0.3) is 0 Å². The predicted molar refractivity (Wildman–Crippen MR) is 104 cm³/mol. The van der Waals surface area contributed by atoms with Gasteiger partial charge in [0.15, 0.2) is 11.5 Å². The first-order valence-corrected chi connectivity index (χ1v) is 9.16. The standard InChI is InChI=1S/C18H14ClF4N7O/c1-28-8-13(18(21,22)23)26-14(28)10-4-3-9(5-11(10)20)7-30-15-12(6-24-16(19)27-15)25-17(31)29(30)2/h3-6,8H,7H2,1-2H3,(H,25,31). The fourth-order valence-corrected chi connectivity index (χ4v) is 3.26.